The van der Waals surface area contributed by atoms with Crippen molar-refractivity contribution in [2.45, 2.75) is 13.8 Å². The minimum absolute atomic E-state index is 0.0611. The SMILES string of the molecule is Cc1ccc(OCC(=O)Nc2ccc(-c3nc(-c4ccc(C)cc4)no3)cc2)cc1. The first-order valence-corrected chi connectivity index (χ1v) is 9.57. The Labute approximate surface area is 174 Å². The Bertz CT molecular complexity index is 1130. The van der Waals surface area contributed by atoms with Crippen LogP contribution in [0.2, 0.25) is 0 Å². The van der Waals surface area contributed by atoms with Crippen LogP contribution in [0.3, 0.4) is 0 Å². The molecule has 0 spiro atoms. The second kappa shape index (κ2) is 8.61. The van der Waals surface area contributed by atoms with Crippen molar-refractivity contribution >= 4 is 11.6 Å². The lowest BCUT2D eigenvalue weighted by Gasteiger charge is -2.08. The smallest absolute Gasteiger partial charge is 0.262 e. The lowest BCUT2D eigenvalue weighted by atomic mass is 10.1. The van der Waals surface area contributed by atoms with Crippen LogP contribution >= 0.6 is 0 Å². The van der Waals surface area contributed by atoms with Crippen molar-refractivity contribution in [3.05, 3.63) is 83.9 Å². The molecule has 0 aliphatic rings. The highest BCUT2D eigenvalue weighted by Crippen LogP contribution is 2.23. The van der Waals surface area contributed by atoms with Crippen molar-refractivity contribution in [2.75, 3.05) is 11.9 Å². The van der Waals surface area contributed by atoms with E-state index in [1.54, 1.807) is 12.1 Å². The molecule has 0 saturated heterocycles. The normalized spacial score (nSPS) is 10.6. The van der Waals surface area contributed by atoms with Gasteiger partial charge in [0.25, 0.3) is 11.8 Å². The number of anilines is 1. The molecule has 0 unspecified atom stereocenters. The second-order valence-electron chi connectivity index (χ2n) is 7.02. The van der Waals surface area contributed by atoms with E-state index in [9.17, 15) is 4.79 Å². The average molecular weight is 399 g/mol. The number of hydrogen-bond donors (Lipinski definition) is 1. The van der Waals surface area contributed by atoms with Gasteiger partial charge in [0.05, 0.1) is 0 Å². The molecule has 6 nitrogen and oxygen atoms in total. The predicted octanol–water partition coefficient (Wildman–Crippen LogP) is 5.04. The summed E-state index contributed by atoms with van der Waals surface area (Å²) in [4.78, 5) is 16.6. The average Bonchev–Trinajstić information content (AvgIpc) is 3.25. The summed E-state index contributed by atoms with van der Waals surface area (Å²) in [6.45, 7) is 3.96. The number of nitrogens with one attached hydrogen (secondary N) is 1. The summed E-state index contributed by atoms with van der Waals surface area (Å²) < 4.78 is 10.9. The molecule has 30 heavy (non-hydrogen) atoms. The molecule has 6 heteroatoms. The van der Waals surface area contributed by atoms with Gasteiger partial charge in [0, 0.05) is 16.8 Å². The molecule has 0 aliphatic heterocycles. The zero-order valence-electron chi connectivity index (χ0n) is 16.8. The largest absolute Gasteiger partial charge is 0.484 e. The Balaban J connectivity index is 1.36. The van der Waals surface area contributed by atoms with Crippen LogP contribution in [0.4, 0.5) is 5.69 Å². The second-order valence-corrected chi connectivity index (χ2v) is 7.02. The number of hydrogen-bond acceptors (Lipinski definition) is 5. The maximum Gasteiger partial charge on any atom is 0.262 e. The number of aromatic nitrogens is 2. The van der Waals surface area contributed by atoms with Crippen molar-refractivity contribution in [1.82, 2.24) is 10.1 Å². The van der Waals surface area contributed by atoms with E-state index in [0.717, 1.165) is 16.7 Å². The molecule has 4 rings (SSSR count). The van der Waals surface area contributed by atoms with Gasteiger partial charge in [-0.2, -0.15) is 4.98 Å². The van der Waals surface area contributed by atoms with E-state index in [4.69, 9.17) is 9.26 Å². The summed E-state index contributed by atoms with van der Waals surface area (Å²) in [6, 6.07) is 22.7. The van der Waals surface area contributed by atoms with Crippen molar-refractivity contribution in [2.24, 2.45) is 0 Å². The molecule has 1 aromatic heterocycles. The van der Waals surface area contributed by atoms with E-state index < -0.39 is 0 Å². The monoisotopic (exact) mass is 399 g/mol. The topological polar surface area (TPSA) is 77.2 Å². The maximum absolute atomic E-state index is 12.1. The van der Waals surface area contributed by atoms with Gasteiger partial charge < -0.3 is 14.6 Å². The molecule has 0 atom stereocenters. The maximum atomic E-state index is 12.1. The Morgan fingerprint density at radius 3 is 2.13 bits per heavy atom. The Morgan fingerprint density at radius 2 is 1.47 bits per heavy atom. The van der Waals surface area contributed by atoms with E-state index in [-0.39, 0.29) is 12.5 Å². The minimum atomic E-state index is -0.234. The van der Waals surface area contributed by atoms with Gasteiger partial charge in [0.2, 0.25) is 5.82 Å². The van der Waals surface area contributed by atoms with Gasteiger partial charge in [-0.3, -0.25) is 4.79 Å². The Kier molecular flexibility index (Phi) is 5.57. The summed E-state index contributed by atoms with van der Waals surface area (Å²) in [5.74, 6) is 1.39. The summed E-state index contributed by atoms with van der Waals surface area (Å²) in [7, 11) is 0. The Morgan fingerprint density at radius 1 is 0.867 bits per heavy atom. The van der Waals surface area contributed by atoms with E-state index in [1.807, 2.05) is 74.5 Å². The number of ether oxygens (including phenoxy) is 1. The molecule has 1 amide bonds. The van der Waals surface area contributed by atoms with Crippen molar-refractivity contribution in [3.8, 4) is 28.6 Å². The number of aryl methyl sites for hydroxylation is 2. The van der Waals surface area contributed by atoms with Crippen LogP contribution in [-0.4, -0.2) is 22.7 Å². The number of amides is 1. The third-order valence-corrected chi connectivity index (χ3v) is 4.54. The summed E-state index contributed by atoms with van der Waals surface area (Å²) in [5, 5.41) is 6.86. The van der Waals surface area contributed by atoms with E-state index in [2.05, 4.69) is 15.5 Å². The fourth-order valence-corrected chi connectivity index (χ4v) is 2.84. The van der Waals surface area contributed by atoms with E-state index in [0.29, 0.717) is 23.2 Å². The van der Waals surface area contributed by atoms with Gasteiger partial charge >= 0.3 is 0 Å². The van der Waals surface area contributed by atoms with E-state index >= 15 is 0 Å². The number of carbonyl (C=O) groups is 1. The van der Waals surface area contributed by atoms with Gasteiger partial charge in [-0.15, -0.1) is 0 Å². The molecule has 0 saturated carbocycles. The van der Waals surface area contributed by atoms with Crippen LogP contribution in [0.15, 0.2) is 77.3 Å². The summed E-state index contributed by atoms with van der Waals surface area (Å²) >= 11 is 0. The summed E-state index contributed by atoms with van der Waals surface area (Å²) in [5.41, 5.74) is 4.64. The molecule has 0 bridgehead atoms. The van der Waals surface area contributed by atoms with Crippen molar-refractivity contribution in [3.63, 3.8) is 0 Å². The van der Waals surface area contributed by atoms with Crippen molar-refractivity contribution in [1.29, 1.82) is 0 Å². The molecule has 0 radical (unpaired) electrons. The first kappa shape index (κ1) is 19.4. The van der Waals surface area contributed by atoms with Crippen LogP contribution in [0, 0.1) is 13.8 Å². The fraction of sp³-hybridized carbons (Fsp3) is 0.125. The predicted molar refractivity (Wildman–Crippen MR) is 115 cm³/mol. The Hall–Kier alpha value is -3.93. The number of rotatable bonds is 6. The van der Waals surface area contributed by atoms with E-state index in [1.165, 1.54) is 5.56 Å². The first-order valence-electron chi connectivity index (χ1n) is 9.57. The number of benzene rings is 3. The summed E-state index contributed by atoms with van der Waals surface area (Å²) in [6.07, 6.45) is 0. The highest BCUT2D eigenvalue weighted by molar-refractivity contribution is 5.92. The first-order chi connectivity index (χ1) is 14.6. The van der Waals surface area contributed by atoms with Gasteiger partial charge in [-0.25, -0.2) is 0 Å². The quantitative estimate of drug-likeness (QED) is 0.492. The molecule has 0 fully saturated rings. The number of nitrogens with zero attached hydrogens (tertiary/aromatic N) is 2. The number of carbonyl (C=O) groups excluding carboxylic acids is 1. The van der Waals surface area contributed by atoms with Crippen LogP contribution in [0.25, 0.3) is 22.8 Å². The molecule has 150 valence electrons. The van der Waals surface area contributed by atoms with Crippen LogP contribution in [0.5, 0.6) is 5.75 Å². The molecular formula is C24H21N3O3. The third kappa shape index (κ3) is 4.72. The van der Waals surface area contributed by atoms with Crippen LogP contribution < -0.4 is 10.1 Å². The lowest BCUT2D eigenvalue weighted by molar-refractivity contribution is -0.118. The van der Waals surface area contributed by atoms with Gasteiger partial charge in [-0.05, 0) is 50.2 Å². The molecule has 3 aromatic carbocycles. The highest BCUT2D eigenvalue weighted by atomic mass is 16.5. The van der Waals surface area contributed by atoms with Crippen LogP contribution in [0.1, 0.15) is 11.1 Å². The lowest BCUT2D eigenvalue weighted by Crippen LogP contribution is -2.20. The van der Waals surface area contributed by atoms with Gasteiger partial charge in [-0.1, -0.05) is 52.7 Å². The highest BCUT2D eigenvalue weighted by Gasteiger charge is 2.11. The molecule has 4 aromatic rings. The zero-order chi connectivity index (χ0) is 20.9. The van der Waals surface area contributed by atoms with Gasteiger partial charge in [0.1, 0.15) is 5.75 Å². The molecular weight excluding hydrogens is 378 g/mol. The molecule has 1 N–H and O–H groups in total. The minimum Gasteiger partial charge on any atom is -0.484 e. The third-order valence-electron chi connectivity index (χ3n) is 4.54. The van der Waals surface area contributed by atoms with Crippen LogP contribution in [-0.2, 0) is 4.79 Å². The molecule has 0 aliphatic carbocycles. The molecule has 1 heterocycles. The van der Waals surface area contributed by atoms with Crippen molar-refractivity contribution < 1.29 is 14.1 Å². The van der Waals surface area contributed by atoms with Gasteiger partial charge in [0.15, 0.2) is 6.61 Å². The standard InChI is InChI=1S/C24H21N3O3/c1-16-3-7-18(8-4-16)23-26-24(30-27-23)19-9-11-20(12-10-19)25-22(28)15-29-21-13-5-17(2)6-14-21/h3-14H,15H2,1-2H3,(H,25,28). The fourth-order valence-electron chi connectivity index (χ4n) is 2.84. The zero-order valence-corrected chi connectivity index (χ0v) is 16.8.